The second kappa shape index (κ2) is 48.4. The first-order valence-electron chi connectivity index (χ1n) is 35.1. The number of benzene rings is 4. The number of pyridine rings is 7. The molecule has 1 atom stereocenters. The summed E-state index contributed by atoms with van der Waals surface area (Å²) in [4.78, 5) is 98.3. The molecule has 0 radical (unpaired) electrons. The Balaban J connectivity index is 0.000000225. The van der Waals surface area contributed by atoms with Crippen LogP contribution in [0.25, 0.3) is 0 Å². The van der Waals surface area contributed by atoms with E-state index in [1.165, 1.54) is 53.1 Å². The van der Waals surface area contributed by atoms with Crippen LogP contribution in [0.5, 0.6) is 0 Å². The van der Waals surface area contributed by atoms with Gasteiger partial charge in [0, 0.05) is 109 Å². The maximum absolute atomic E-state index is 12.2. The highest BCUT2D eigenvalue weighted by Crippen LogP contribution is 2.32. The van der Waals surface area contributed by atoms with E-state index in [-0.39, 0.29) is 30.4 Å². The summed E-state index contributed by atoms with van der Waals surface area (Å²) in [5.41, 5.74) is 20.3. The van der Waals surface area contributed by atoms with E-state index in [9.17, 15) is 28.8 Å². The van der Waals surface area contributed by atoms with E-state index < -0.39 is 26.0 Å². The van der Waals surface area contributed by atoms with Gasteiger partial charge in [0.2, 0.25) is 6.10 Å². The first-order chi connectivity index (χ1) is 52.0. The monoisotopic (exact) mass is 1480 g/mol. The van der Waals surface area contributed by atoms with Crippen molar-refractivity contribution in [3.05, 3.63) is 333 Å². The van der Waals surface area contributed by atoms with Crippen molar-refractivity contribution in [3.8, 4) is 0 Å². The second-order valence-electron chi connectivity index (χ2n) is 24.4. The quantitative estimate of drug-likeness (QED) is 0.0349. The third-order valence-corrected chi connectivity index (χ3v) is 17.8. The Kier molecular flexibility index (Phi) is 39.0. The van der Waals surface area contributed by atoms with Crippen LogP contribution in [0.3, 0.4) is 0 Å². The lowest BCUT2D eigenvalue weighted by Gasteiger charge is -2.18. The van der Waals surface area contributed by atoms with Crippen LogP contribution in [-0.2, 0) is 70.2 Å². The summed E-state index contributed by atoms with van der Waals surface area (Å²) >= 11 is 0. The van der Waals surface area contributed by atoms with Crippen molar-refractivity contribution >= 4 is 59.5 Å². The number of nitrogens with two attached hydrogens (primary N) is 1. The van der Waals surface area contributed by atoms with E-state index in [1.807, 2.05) is 115 Å². The number of carbonyl (C=O) groups is 6. The Morgan fingerprint density at radius 1 is 0.444 bits per heavy atom. The number of hydrogen-bond acceptors (Lipinski definition) is 19. The maximum atomic E-state index is 12.2. The van der Waals surface area contributed by atoms with Crippen molar-refractivity contribution < 1.29 is 52.8 Å². The molecule has 562 valence electrons. The van der Waals surface area contributed by atoms with Crippen molar-refractivity contribution in [1.29, 1.82) is 0 Å². The Labute approximate surface area is 636 Å². The number of imide groups is 1. The largest absolute Gasteiger partial charge is 0.469 e. The number of ether oxygens (including phenoxy) is 4. The first kappa shape index (κ1) is 86.9. The summed E-state index contributed by atoms with van der Waals surface area (Å²) in [5, 5.41) is 12.8. The molecule has 0 bridgehead atoms. The van der Waals surface area contributed by atoms with Crippen molar-refractivity contribution in [2.24, 2.45) is 5.73 Å². The van der Waals surface area contributed by atoms with Gasteiger partial charge in [0.15, 0.2) is 0 Å². The van der Waals surface area contributed by atoms with Crippen molar-refractivity contribution in [2.45, 2.75) is 107 Å². The molecule has 0 fully saturated rings. The average Bonchev–Trinajstić information content (AvgIpc) is 1.62. The van der Waals surface area contributed by atoms with E-state index >= 15 is 0 Å². The summed E-state index contributed by atoms with van der Waals surface area (Å²) in [6.45, 7) is 20.3. The molecule has 108 heavy (non-hydrogen) atoms. The standard InChI is InChI=1S/C18H15P.C16H14N2O2.C11H13NO4.C10H13NO2.C9H11NO2.C8H12N2.C8H11NO.C7H9N/c1-4-10-16(11-5-1)19(17-12-6-2-7-13-17)18-14-8-3-9-15-18;1-11-10-12(6-8-17-11)7-9-18-15(19)13-4-2-3-5-14(13)16(18)20;1-7-6-9(4-5-12-7)10(11(14)15-3)16-8(2)13;1-3-13-10(12)7-9-4-5-11-8(2)6-9;1-7-5-8(3-4-10-7)6-9(11)12-2;1-7-6-8(2-4-9)3-5-10-7;1-7-6-8(3-5-10)2-4-9-7;1-6-3-4-8-7(2)5-6/h1-15H;2-6,8,10H,7,9H2,1H3;4-6,10H,1-3H3;4-6H,3,7H2,1-2H3;3-5H,6H2,1-2H3;3,5-6H,2,4,9H2,1H3;2,4,6,10H,3,5H2,1H3;3-5H,1-2H3. The van der Waals surface area contributed by atoms with E-state index in [2.05, 4.69) is 154 Å². The van der Waals surface area contributed by atoms with Crippen molar-refractivity contribution in [1.82, 2.24) is 39.8 Å². The van der Waals surface area contributed by atoms with Crippen LogP contribution in [-0.4, -0.2) is 121 Å². The zero-order valence-electron chi connectivity index (χ0n) is 63.7. The number of aliphatic hydroxyl groups is 1. The SMILES string of the molecule is CCOC(=O)Cc1ccnc(C)c1.COC(=O)C(OC(C)=O)c1ccnc(C)c1.COC(=O)Cc1ccnc(C)c1.Cc1cc(CCN)ccn1.Cc1cc(CCN2C(=O)c3ccccc3C2=O)ccn1.Cc1cc(CCO)ccn1.Cc1ccnc(C)c1.c1ccc(P(c2ccccc2)c2ccccc2)cc1. The fourth-order valence-electron chi connectivity index (χ4n) is 10.4. The average molecular weight is 1480 g/mol. The zero-order valence-corrected chi connectivity index (χ0v) is 64.6. The zero-order chi connectivity index (χ0) is 78.6. The molecule has 20 nitrogen and oxygen atoms in total. The van der Waals surface area contributed by atoms with Gasteiger partial charge >= 0.3 is 23.9 Å². The summed E-state index contributed by atoms with van der Waals surface area (Å²) in [5.74, 6) is -1.95. The van der Waals surface area contributed by atoms with E-state index in [0.29, 0.717) is 55.6 Å². The number of aliphatic hydroxyl groups excluding tert-OH is 1. The van der Waals surface area contributed by atoms with Crippen LogP contribution in [0.15, 0.2) is 244 Å². The van der Waals surface area contributed by atoms with Crippen molar-refractivity contribution in [2.75, 3.05) is 40.5 Å². The molecule has 1 aliphatic heterocycles. The molecule has 4 aromatic carbocycles. The highest BCUT2D eigenvalue weighted by Gasteiger charge is 2.34. The molecule has 7 aromatic heterocycles. The van der Waals surface area contributed by atoms with Crippen LogP contribution < -0.4 is 21.6 Å². The van der Waals surface area contributed by atoms with Gasteiger partial charge < -0.3 is 29.8 Å². The number of carbonyl (C=O) groups excluding carboxylic acids is 6. The molecule has 0 spiro atoms. The number of aryl methyl sites for hydroxylation is 8. The Hall–Kier alpha value is -11.7. The highest BCUT2D eigenvalue weighted by atomic mass is 31.1. The predicted molar refractivity (Wildman–Crippen MR) is 424 cm³/mol. The van der Waals surface area contributed by atoms with E-state index in [1.54, 1.807) is 81.2 Å². The van der Waals surface area contributed by atoms with Gasteiger partial charge in [0.05, 0.1) is 44.8 Å². The van der Waals surface area contributed by atoms with E-state index in [0.717, 1.165) is 75.0 Å². The van der Waals surface area contributed by atoms with E-state index in [4.69, 9.17) is 20.3 Å². The van der Waals surface area contributed by atoms with Crippen LogP contribution in [0, 0.1) is 55.4 Å². The normalized spacial score (nSPS) is 10.9. The summed E-state index contributed by atoms with van der Waals surface area (Å²) in [6, 6.07) is 65.8. The van der Waals surface area contributed by atoms with Crippen LogP contribution in [0.2, 0.25) is 0 Å². The number of rotatable bonds is 18. The molecule has 1 unspecified atom stereocenters. The topological polar surface area (TPSA) is 279 Å². The first-order valence-corrected chi connectivity index (χ1v) is 36.5. The Morgan fingerprint density at radius 2 is 0.806 bits per heavy atom. The molecule has 0 saturated carbocycles. The number of hydrogen-bond donors (Lipinski definition) is 2. The number of amides is 2. The van der Waals surface area contributed by atoms with Crippen molar-refractivity contribution in [3.63, 3.8) is 0 Å². The lowest BCUT2D eigenvalue weighted by Crippen LogP contribution is -2.31. The highest BCUT2D eigenvalue weighted by molar-refractivity contribution is 7.79. The van der Waals surface area contributed by atoms with Gasteiger partial charge in [-0.25, -0.2) is 4.79 Å². The number of nitrogens with zero attached hydrogens (tertiary/aromatic N) is 8. The number of methoxy groups -OCH3 is 2. The third kappa shape index (κ3) is 32.3. The smallest absolute Gasteiger partial charge is 0.351 e. The predicted octanol–water partition coefficient (Wildman–Crippen LogP) is 13.0. The molecular formula is C87H98N9O11P. The fourth-order valence-corrected chi connectivity index (χ4v) is 12.7. The number of aromatic nitrogens is 7. The molecule has 11 aromatic rings. The van der Waals surface area contributed by atoms with Gasteiger partial charge in [-0.05, 0) is 242 Å². The summed E-state index contributed by atoms with van der Waals surface area (Å²) in [6.07, 6.45) is 14.0. The molecule has 1 aliphatic rings. The van der Waals surface area contributed by atoms with Gasteiger partial charge in [-0.15, -0.1) is 0 Å². The second-order valence-corrected chi connectivity index (χ2v) is 26.6. The minimum Gasteiger partial charge on any atom is -0.469 e. The Bertz CT molecular complexity index is 4380. The van der Waals surface area contributed by atoms with Gasteiger partial charge in [-0.3, -0.25) is 63.8 Å². The molecule has 3 N–H and O–H groups in total. The van der Waals surface area contributed by atoms with Gasteiger partial charge in [0.1, 0.15) is 0 Å². The van der Waals surface area contributed by atoms with Gasteiger partial charge in [-0.2, -0.15) is 0 Å². The maximum Gasteiger partial charge on any atom is 0.351 e. The van der Waals surface area contributed by atoms with Crippen LogP contribution >= 0.6 is 7.92 Å². The minimum absolute atomic E-state index is 0.187. The molecule has 8 heterocycles. The molecule has 0 aliphatic carbocycles. The molecular weight excluding hydrogens is 1380 g/mol. The minimum atomic E-state index is -1.02. The summed E-state index contributed by atoms with van der Waals surface area (Å²) < 4.78 is 18.8. The van der Waals surface area contributed by atoms with Gasteiger partial charge in [-0.1, -0.05) is 103 Å². The molecule has 12 rings (SSSR count). The molecule has 2 amide bonds. The lowest BCUT2D eigenvalue weighted by atomic mass is 10.1. The number of fused-ring (bicyclic) bond motifs is 1. The molecule has 0 saturated heterocycles. The van der Waals surface area contributed by atoms with Crippen LogP contribution in [0.4, 0.5) is 0 Å². The fraction of sp³-hybridized carbons (Fsp3) is 0.253. The Morgan fingerprint density at radius 3 is 1.16 bits per heavy atom. The third-order valence-electron chi connectivity index (χ3n) is 15.4. The number of esters is 4. The molecule has 21 heteroatoms. The summed E-state index contributed by atoms with van der Waals surface area (Å²) in [7, 11) is 2.18. The van der Waals surface area contributed by atoms with Crippen LogP contribution in [0.1, 0.15) is 119 Å². The lowest BCUT2D eigenvalue weighted by molar-refractivity contribution is -0.165. The van der Waals surface area contributed by atoms with Gasteiger partial charge in [0.25, 0.3) is 11.8 Å².